The van der Waals surface area contributed by atoms with Crippen molar-refractivity contribution in [3.05, 3.63) is 50.9 Å². The van der Waals surface area contributed by atoms with E-state index in [1.807, 2.05) is 35.7 Å². The van der Waals surface area contributed by atoms with Crippen LogP contribution in [-0.2, 0) is 31.2 Å². The van der Waals surface area contributed by atoms with Crippen LogP contribution in [0, 0.1) is 0 Å². The average Bonchev–Trinajstić information content (AvgIpc) is 3.25. The molecule has 32 heavy (non-hydrogen) atoms. The normalized spacial score (nSPS) is 25.6. The van der Waals surface area contributed by atoms with Crippen molar-refractivity contribution in [2.24, 2.45) is 0 Å². The number of aliphatic carboxylic acids is 1. The molecule has 8 nitrogen and oxygen atoms in total. The molecule has 172 valence electrons. The third kappa shape index (κ3) is 5.31. The Hall–Kier alpha value is -2.01. The molecule has 2 heterocycles. The summed E-state index contributed by atoms with van der Waals surface area (Å²) in [5.41, 5.74) is -0.314. The number of aromatic nitrogens is 1. The molecule has 1 aromatic heterocycles. The molecular formula is C22H25BrN2O6S. The van der Waals surface area contributed by atoms with Gasteiger partial charge in [-0.1, -0.05) is 30.3 Å². The van der Waals surface area contributed by atoms with E-state index in [1.165, 1.54) is 11.3 Å². The van der Waals surface area contributed by atoms with E-state index in [9.17, 15) is 9.59 Å². The first-order valence-electron chi connectivity index (χ1n) is 10.5. The Kier molecular flexibility index (Phi) is 7.14. The smallest absolute Gasteiger partial charge is 0.410 e. The Morgan fingerprint density at radius 2 is 1.97 bits per heavy atom. The monoisotopic (exact) mass is 524 g/mol. The lowest BCUT2D eigenvalue weighted by Gasteiger charge is -2.48. The van der Waals surface area contributed by atoms with Gasteiger partial charge >= 0.3 is 12.1 Å². The maximum atomic E-state index is 12.7. The molecule has 2 aromatic rings. The number of hydrogen-bond acceptors (Lipinski definition) is 7. The van der Waals surface area contributed by atoms with E-state index in [4.69, 9.17) is 19.3 Å². The molecule has 1 aliphatic carbocycles. The van der Waals surface area contributed by atoms with Crippen molar-refractivity contribution in [2.45, 2.75) is 43.5 Å². The van der Waals surface area contributed by atoms with Gasteiger partial charge in [-0.15, -0.1) is 11.3 Å². The number of carboxylic acid groups (broad SMARTS) is 1. The van der Waals surface area contributed by atoms with E-state index in [-0.39, 0.29) is 19.3 Å². The minimum Gasteiger partial charge on any atom is -0.480 e. The number of thiazole rings is 1. The van der Waals surface area contributed by atoms with E-state index in [1.54, 1.807) is 4.90 Å². The highest BCUT2D eigenvalue weighted by atomic mass is 79.9. The van der Waals surface area contributed by atoms with Crippen molar-refractivity contribution in [1.82, 2.24) is 9.88 Å². The largest absolute Gasteiger partial charge is 0.480 e. The molecule has 2 fully saturated rings. The van der Waals surface area contributed by atoms with Gasteiger partial charge in [-0.3, -0.25) is 0 Å². The molecule has 1 aromatic carbocycles. The minimum absolute atomic E-state index is 0.231. The minimum atomic E-state index is -1.01. The van der Waals surface area contributed by atoms with Gasteiger partial charge < -0.3 is 24.2 Å². The van der Waals surface area contributed by atoms with Crippen LogP contribution < -0.4 is 0 Å². The number of nitrogens with zero attached hydrogens (tertiary/aromatic N) is 2. The first-order chi connectivity index (χ1) is 15.4. The van der Waals surface area contributed by atoms with Gasteiger partial charge in [0, 0.05) is 11.9 Å². The van der Waals surface area contributed by atoms with Crippen LogP contribution in [0.5, 0.6) is 0 Å². The lowest BCUT2D eigenvalue weighted by molar-refractivity contribution is -0.176. The SMILES string of the molecule is O=C(O)COC1(c2nc(Br)cs2)CCC2(CC1)CN(C(=O)OCc1ccccc1)CCO2. The molecule has 0 bridgehead atoms. The summed E-state index contributed by atoms with van der Waals surface area (Å²) in [7, 11) is 0. The van der Waals surface area contributed by atoms with Gasteiger partial charge in [-0.05, 0) is 47.2 Å². The molecule has 0 unspecified atom stereocenters. The topological polar surface area (TPSA) is 98.2 Å². The molecule has 1 saturated carbocycles. The van der Waals surface area contributed by atoms with Gasteiger partial charge in [-0.2, -0.15) is 0 Å². The molecule has 1 N–H and O–H groups in total. The standard InChI is InChI=1S/C22H25BrN2O6S/c23-17-14-32-19(24-17)22(31-13-18(26)27)8-6-21(7-9-22)15-25(10-11-30-21)20(28)29-12-16-4-2-1-3-5-16/h1-5,14H,6-13,15H2,(H,26,27). The van der Waals surface area contributed by atoms with E-state index < -0.39 is 17.2 Å². The molecule has 0 atom stereocenters. The van der Waals surface area contributed by atoms with Gasteiger partial charge in [0.05, 0.1) is 18.8 Å². The van der Waals surface area contributed by atoms with E-state index >= 15 is 0 Å². The highest BCUT2D eigenvalue weighted by Crippen LogP contribution is 2.47. The Balaban J connectivity index is 1.40. The lowest BCUT2D eigenvalue weighted by atomic mass is 9.75. The number of halogens is 1. The molecule has 1 aliphatic heterocycles. The van der Waals surface area contributed by atoms with Gasteiger partial charge in [0.25, 0.3) is 0 Å². The summed E-state index contributed by atoms with van der Waals surface area (Å²) in [5, 5.41) is 11.8. The first kappa shape index (κ1) is 23.2. The molecular weight excluding hydrogens is 500 g/mol. The van der Waals surface area contributed by atoms with Crippen molar-refractivity contribution in [1.29, 1.82) is 0 Å². The van der Waals surface area contributed by atoms with Gasteiger partial charge in [0.15, 0.2) is 0 Å². The second-order valence-corrected chi connectivity index (χ2v) is 9.82. The number of hydrogen-bond donors (Lipinski definition) is 1. The molecule has 2 aliphatic rings. The Labute approximate surface area is 198 Å². The second-order valence-electron chi connectivity index (χ2n) is 8.15. The summed E-state index contributed by atoms with van der Waals surface area (Å²) in [6, 6.07) is 9.58. The van der Waals surface area contributed by atoms with Crippen LogP contribution >= 0.6 is 27.3 Å². The van der Waals surface area contributed by atoms with Crippen molar-refractivity contribution in [3.63, 3.8) is 0 Å². The van der Waals surface area contributed by atoms with Crippen molar-refractivity contribution < 1.29 is 28.9 Å². The molecule has 4 rings (SSSR count). The molecule has 0 radical (unpaired) electrons. The van der Waals surface area contributed by atoms with Crippen LogP contribution in [0.3, 0.4) is 0 Å². The summed E-state index contributed by atoms with van der Waals surface area (Å²) in [6.45, 7) is 1.21. The van der Waals surface area contributed by atoms with Crippen molar-refractivity contribution in [3.8, 4) is 0 Å². The number of carbonyl (C=O) groups excluding carboxylic acids is 1. The fraction of sp³-hybridized carbons (Fsp3) is 0.500. The average molecular weight is 525 g/mol. The fourth-order valence-electron chi connectivity index (χ4n) is 4.31. The van der Waals surface area contributed by atoms with E-state index in [0.717, 1.165) is 10.6 Å². The zero-order valence-electron chi connectivity index (χ0n) is 17.5. The highest BCUT2D eigenvalue weighted by molar-refractivity contribution is 9.10. The predicted octanol–water partition coefficient (Wildman–Crippen LogP) is 4.18. The van der Waals surface area contributed by atoms with Crippen molar-refractivity contribution in [2.75, 3.05) is 26.3 Å². The van der Waals surface area contributed by atoms with E-state index in [0.29, 0.717) is 50.0 Å². The number of benzene rings is 1. The molecule has 1 amide bonds. The second kappa shape index (κ2) is 9.86. The molecule has 1 spiro atoms. The van der Waals surface area contributed by atoms with Crippen LogP contribution in [0.2, 0.25) is 0 Å². The summed E-state index contributed by atoms with van der Waals surface area (Å²) < 4.78 is 18.3. The number of morpholine rings is 1. The summed E-state index contributed by atoms with van der Waals surface area (Å²) in [5.74, 6) is -1.01. The van der Waals surface area contributed by atoms with Crippen LogP contribution in [0.25, 0.3) is 0 Å². The lowest BCUT2D eigenvalue weighted by Crippen LogP contribution is -2.57. The quantitative estimate of drug-likeness (QED) is 0.604. The number of amides is 1. The fourth-order valence-corrected chi connectivity index (χ4v) is 5.77. The number of carboxylic acids is 1. The molecule has 10 heteroatoms. The third-order valence-electron chi connectivity index (χ3n) is 6.02. The third-order valence-corrected chi connectivity index (χ3v) is 7.76. The number of rotatable bonds is 6. The Morgan fingerprint density at radius 1 is 1.22 bits per heavy atom. The van der Waals surface area contributed by atoms with Crippen molar-refractivity contribution >= 4 is 39.3 Å². The van der Waals surface area contributed by atoms with Crippen LogP contribution in [0.1, 0.15) is 36.3 Å². The zero-order chi connectivity index (χ0) is 22.6. The zero-order valence-corrected chi connectivity index (χ0v) is 19.9. The van der Waals surface area contributed by atoms with Gasteiger partial charge in [0.2, 0.25) is 0 Å². The highest BCUT2D eigenvalue weighted by Gasteiger charge is 2.49. The number of ether oxygens (including phenoxy) is 3. The van der Waals surface area contributed by atoms with E-state index in [2.05, 4.69) is 20.9 Å². The van der Waals surface area contributed by atoms with Crippen LogP contribution in [-0.4, -0.2) is 59.0 Å². The number of carbonyl (C=O) groups is 2. The maximum absolute atomic E-state index is 12.7. The Bertz CT molecular complexity index is 945. The van der Waals surface area contributed by atoms with Gasteiger partial charge in [0.1, 0.15) is 28.4 Å². The van der Waals surface area contributed by atoms with Gasteiger partial charge in [-0.25, -0.2) is 14.6 Å². The first-order valence-corrected chi connectivity index (χ1v) is 12.1. The maximum Gasteiger partial charge on any atom is 0.410 e. The summed E-state index contributed by atoms with van der Waals surface area (Å²) in [4.78, 5) is 30.0. The molecule has 1 saturated heterocycles. The predicted molar refractivity (Wildman–Crippen MR) is 120 cm³/mol. The Morgan fingerprint density at radius 3 is 2.62 bits per heavy atom. The summed E-state index contributed by atoms with van der Waals surface area (Å²) in [6.07, 6.45) is 2.04. The van der Waals surface area contributed by atoms with Crippen LogP contribution in [0.4, 0.5) is 4.79 Å². The van der Waals surface area contributed by atoms with Crippen LogP contribution in [0.15, 0.2) is 40.3 Å². The summed E-state index contributed by atoms with van der Waals surface area (Å²) >= 11 is 4.82.